The van der Waals surface area contributed by atoms with Gasteiger partial charge in [0, 0.05) is 29.2 Å². The van der Waals surface area contributed by atoms with Crippen LogP contribution in [-0.4, -0.2) is 24.1 Å². The predicted octanol–water partition coefficient (Wildman–Crippen LogP) is 4.89. The SMILES string of the molecule is CCCC(=O)OCC(=O)C1=CCC2C3CCC4=CC(=O)CCC4(C)C3=CCC12C. The molecule has 0 N–H and O–H groups in total. The topological polar surface area (TPSA) is 60.4 Å². The minimum atomic E-state index is -0.293. The Bertz CT molecular complexity index is 845. The molecule has 0 spiro atoms. The summed E-state index contributed by atoms with van der Waals surface area (Å²) >= 11 is 0. The third-order valence-electron chi connectivity index (χ3n) is 8.04. The molecule has 29 heavy (non-hydrogen) atoms. The summed E-state index contributed by atoms with van der Waals surface area (Å²) in [5, 5.41) is 0. The number of hydrogen-bond acceptors (Lipinski definition) is 4. The Hall–Kier alpha value is -1.97. The molecule has 0 saturated heterocycles. The first-order chi connectivity index (χ1) is 13.8. The van der Waals surface area contributed by atoms with Gasteiger partial charge in [0.05, 0.1) is 0 Å². The fourth-order valence-corrected chi connectivity index (χ4v) is 6.37. The lowest BCUT2D eigenvalue weighted by Gasteiger charge is -2.53. The van der Waals surface area contributed by atoms with Gasteiger partial charge in [0.15, 0.2) is 18.2 Å². The molecule has 0 aromatic heterocycles. The third-order valence-corrected chi connectivity index (χ3v) is 8.04. The first kappa shape index (κ1) is 20.3. The lowest BCUT2D eigenvalue weighted by atomic mass is 9.51. The van der Waals surface area contributed by atoms with E-state index in [1.54, 1.807) is 0 Å². The van der Waals surface area contributed by atoms with Gasteiger partial charge in [-0.25, -0.2) is 0 Å². The van der Waals surface area contributed by atoms with E-state index in [1.165, 1.54) is 11.1 Å². The summed E-state index contributed by atoms with van der Waals surface area (Å²) in [6, 6.07) is 0. The van der Waals surface area contributed by atoms with Crippen molar-refractivity contribution in [2.75, 3.05) is 6.61 Å². The molecule has 4 unspecified atom stereocenters. The Morgan fingerprint density at radius 1 is 1.21 bits per heavy atom. The number of Topliss-reactive ketones (excluding diaryl/α,β-unsaturated/α-hetero) is 1. The molecule has 1 saturated carbocycles. The minimum Gasteiger partial charge on any atom is -0.457 e. The molecule has 0 bridgehead atoms. The van der Waals surface area contributed by atoms with Crippen LogP contribution < -0.4 is 0 Å². The highest BCUT2D eigenvalue weighted by molar-refractivity contribution is 5.99. The summed E-state index contributed by atoms with van der Waals surface area (Å²) in [6.45, 7) is 6.32. The van der Waals surface area contributed by atoms with Crippen molar-refractivity contribution in [3.63, 3.8) is 0 Å². The van der Waals surface area contributed by atoms with Crippen molar-refractivity contribution in [1.82, 2.24) is 0 Å². The molecule has 1 fully saturated rings. The van der Waals surface area contributed by atoms with Crippen molar-refractivity contribution in [2.45, 2.75) is 72.1 Å². The van der Waals surface area contributed by atoms with Crippen LogP contribution in [0.2, 0.25) is 0 Å². The highest BCUT2D eigenvalue weighted by Crippen LogP contribution is 2.63. The summed E-state index contributed by atoms with van der Waals surface area (Å²) in [5.74, 6) is 0.822. The van der Waals surface area contributed by atoms with Crippen LogP contribution in [0.15, 0.2) is 34.9 Å². The smallest absolute Gasteiger partial charge is 0.306 e. The van der Waals surface area contributed by atoms with E-state index in [-0.39, 0.29) is 35.0 Å². The zero-order chi connectivity index (χ0) is 20.8. The molecular weight excluding hydrogens is 364 g/mol. The number of carbonyl (C=O) groups excluding carboxylic acids is 3. The number of allylic oxidation sites excluding steroid dienone is 5. The van der Waals surface area contributed by atoms with Crippen molar-refractivity contribution in [3.05, 3.63) is 34.9 Å². The number of ketones is 2. The quantitative estimate of drug-likeness (QED) is 0.490. The Balaban J connectivity index is 1.55. The lowest BCUT2D eigenvalue weighted by molar-refractivity contribution is -0.147. The summed E-state index contributed by atoms with van der Waals surface area (Å²) in [5.41, 5.74) is 3.50. The van der Waals surface area contributed by atoms with Gasteiger partial charge < -0.3 is 4.74 Å². The maximum Gasteiger partial charge on any atom is 0.306 e. The number of hydrogen-bond donors (Lipinski definition) is 0. The Morgan fingerprint density at radius 2 is 2.00 bits per heavy atom. The zero-order valence-corrected chi connectivity index (χ0v) is 17.9. The van der Waals surface area contributed by atoms with Crippen LogP contribution in [0.1, 0.15) is 72.1 Å². The van der Waals surface area contributed by atoms with E-state index in [2.05, 4.69) is 26.0 Å². The Kier molecular flexibility index (Phi) is 5.16. The van der Waals surface area contributed by atoms with Gasteiger partial charge >= 0.3 is 5.97 Å². The summed E-state index contributed by atoms with van der Waals surface area (Å²) in [7, 11) is 0. The monoisotopic (exact) mass is 396 g/mol. The molecule has 0 heterocycles. The molecule has 0 amide bonds. The zero-order valence-electron chi connectivity index (χ0n) is 17.9. The maximum atomic E-state index is 12.9. The van der Waals surface area contributed by atoms with E-state index in [1.807, 2.05) is 13.0 Å². The fraction of sp³-hybridized carbons (Fsp3) is 0.640. The van der Waals surface area contributed by atoms with Crippen LogP contribution in [-0.2, 0) is 19.1 Å². The van der Waals surface area contributed by atoms with Gasteiger partial charge in [-0.2, -0.15) is 0 Å². The van der Waals surface area contributed by atoms with Gasteiger partial charge in [0.25, 0.3) is 0 Å². The van der Waals surface area contributed by atoms with Gasteiger partial charge in [-0.05, 0) is 56.4 Å². The molecule has 4 rings (SSSR count). The second-order valence-electron chi connectivity index (χ2n) is 9.69. The van der Waals surface area contributed by atoms with Gasteiger partial charge in [-0.15, -0.1) is 0 Å². The Morgan fingerprint density at radius 3 is 2.76 bits per heavy atom. The van der Waals surface area contributed by atoms with Crippen molar-refractivity contribution >= 4 is 17.5 Å². The van der Waals surface area contributed by atoms with Crippen LogP contribution in [0, 0.1) is 22.7 Å². The minimum absolute atomic E-state index is 0.0145. The second kappa shape index (κ2) is 7.37. The van der Waals surface area contributed by atoms with Crippen molar-refractivity contribution in [2.24, 2.45) is 22.7 Å². The number of carbonyl (C=O) groups is 3. The highest BCUT2D eigenvalue weighted by Gasteiger charge is 2.54. The summed E-state index contributed by atoms with van der Waals surface area (Å²) in [6.07, 6.45) is 12.8. The Labute approximate surface area is 173 Å². The van der Waals surface area contributed by atoms with Crippen molar-refractivity contribution in [1.29, 1.82) is 0 Å². The van der Waals surface area contributed by atoms with E-state index in [9.17, 15) is 14.4 Å². The van der Waals surface area contributed by atoms with Crippen LogP contribution in [0.4, 0.5) is 0 Å². The van der Waals surface area contributed by atoms with Crippen LogP contribution in [0.3, 0.4) is 0 Å². The molecule has 0 radical (unpaired) electrons. The van der Waals surface area contributed by atoms with Crippen LogP contribution in [0.25, 0.3) is 0 Å². The third kappa shape index (κ3) is 3.25. The number of esters is 1. The van der Waals surface area contributed by atoms with Crippen LogP contribution in [0.5, 0.6) is 0 Å². The molecule has 4 atom stereocenters. The molecule has 0 aromatic carbocycles. The number of fused-ring (bicyclic) bond motifs is 5. The highest BCUT2D eigenvalue weighted by atomic mass is 16.5. The summed E-state index contributed by atoms with van der Waals surface area (Å²) < 4.78 is 5.20. The molecule has 4 aliphatic rings. The van der Waals surface area contributed by atoms with Crippen molar-refractivity contribution < 1.29 is 19.1 Å². The van der Waals surface area contributed by atoms with Gasteiger partial charge in [0.1, 0.15) is 0 Å². The van der Waals surface area contributed by atoms with Crippen LogP contribution >= 0.6 is 0 Å². The number of ether oxygens (including phenoxy) is 1. The molecule has 4 nitrogen and oxygen atoms in total. The maximum absolute atomic E-state index is 12.9. The van der Waals surface area contributed by atoms with E-state index in [4.69, 9.17) is 4.74 Å². The van der Waals surface area contributed by atoms with E-state index in [0.717, 1.165) is 44.1 Å². The van der Waals surface area contributed by atoms with E-state index in [0.29, 0.717) is 24.7 Å². The van der Waals surface area contributed by atoms with E-state index < -0.39 is 0 Å². The average Bonchev–Trinajstić information content (AvgIpc) is 3.04. The standard InChI is InChI=1S/C25H32O4/c1-4-5-23(28)29-15-22(27)21-9-8-19-18-7-6-16-14-17(26)10-12-24(16,2)20(18)11-13-25(19,21)3/h9,11,14,18-19H,4-8,10,12-13,15H2,1-3H3. The first-order valence-electron chi connectivity index (χ1n) is 11.1. The largest absolute Gasteiger partial charge is 0.457 e. The lowest BCUT2D eigenvalue weighted by Crippen LogP contribution is -2.44. The molecule has 4 heteroatoms. The predicted molar refractivity (Wildman–Crippen MR) is 111 cm³/mol. The van der Waals surface area contributed by atoms with Gasteiger partial charge in [-0.1, -0.05) is 44.1 Å². The molecule has 0 aromatic rings. The normalized spacial score (nSPS) is 35.6. The summed E-state index contributed by atoms with van der Waals surface area (Å²) in [4.78, 5) is 36.5. The molecule has 156 valence electrons. The average molecular weight is 397 g/mol. The fourth-order valence-electron chi connectivity index (χ4n) is 6.37. The number of rotatable bonds is 5. The van der Waals surface area contributed by atoms with Gasteiger partial charge in [0.2, 0.25) is 0 Å². The molecule has 0 aliphatic heterocycles. The van der Waals surface area contributed by atoms with E-state index >= 15 is 0 Å². The molecule has 4 aliphatic carbocycles. The van der Waals surface area contributed by atoms with Crippen molar-refractivity contribution in [3.8, 4) is 0 Å². The second-order valence-corrected chi connectivity index (χ2v) is 9.69. The molecular formula is C25H32O4. The first-order valence-corrected chi connectivity index (χ1v) is 11.1. The van der Waals surface area contributed by atoms with Gasteiger partial charge in [-0.3, -0.25) is 14.4 Å².